The molecular weight excluding hydrogens is 1010 g/mol. The summed E-state index contributed by atoms with van der Waals surface area (Å²) < 4.78 is 9.00. The van der Waals surface area contributed by atoms with E-state index in [0.29, 0.717) is 11.5 Å². The van der Waals surface area contributed by atoms with E-state index >= 15 is 0 Å². The van der Waals surface area contributed by atoms with E-state index in [1.807, 2.05) is 18.3 Å². The molecule has 8 aromatic rings. The number of ether oxygens (including phenoxy) is 1. The predicted octanol–water partition coefficient (Wildman–Crippen LogP) is 16.9. The zero-order valence-electron chi connectivity index (χ0n) is 42.8. The molecule has 0 saturated carbocycles. The molecule has 1 aliphatic heterocycles. The van der Waals surface area contributed by atoms with Crippen molar-refractivity contribution in [3.05, 3.63) is 193 Å². The maximum Gasteiger partial charge on any atom is 4.00 e. The summed E-state index contributed by atoms with van der Waals surface area (Å²) in [4.78, 5) is 9.55. The van der Waals surface area contributed by atoms with Gasteiger partial charge >= 0.3 is 21.1 Å². The molecule has 1 aliphatic rings. The third-order valence-corrected chi connectivity index (χ3v) is 13.4. The summed E-state index contributed by atoms with van der Waals surface area (Å²) in [5.74, 6) is 2.08. The Balaban J connectivity index is 0.00000342. The van der Waals surface area contributed by atoms with Crippen molar-refractivity contribution in [2.24, 2.45) is 0 Å². The molecule has 0 N–H and O–H groups in total. The molecule has 6 aromatic carbocycles. The van der Waals surface area contributed by atoms with Gasteiger partial charge in [-0.05, 0) is 103 Å². The Morgan fingerprint density at radius 3 is 1.75 bits per heavy atom. The van der Waals surface area contributed by atoms with Crippen molar-refractivity contribution in [3.63, 3.8) is 0 Å². The molecule has 5 nitrogen and oxygen atoms in total. The molecule has 3 heterocycles. The molecule has 0 amide bonds. The number of benzene rings is 6. The van der Waals surface area contributed by atoms with Crippen LogP contribution in [0.3, 0.4) is 0 Å². The molecule has 0 saturated heterocycles. The van der Waals surface area contributed by atoms with E-state index in [-0.39, 0.29) is 55.6 Å². The van der Waals surface area contributed by atoms with Crippen molar-refractivity contribution in [2.45, 2.75) is 124 Å². The first-order valence-electron chi connectivity index (χ1n) is 23.5. The molecule has 2 aromatic heterocycles. The molecule has 0 spiro atoms. The topological polar surface area (TPSA) is 33.5 Å². The molecule has 0 bridgehead atoms. The number of fused-ring (bicyclic) bond motifs is 4. The Labute approximate surface area is 421 Å². The van der Waals surface area contributed by atoms with Gasteiger partial charge in [0.2, 0.25) is 0 Å². The van der Waals surface area contributed by atoms with Gasteiger partial charge in [0, 0.05) is 45.7 Å². The number of pyridine rings is 1. The quantitative estimate of drug-likeness (QED) is 0.149. The first-order chi connectivity index (χ1) is 31.0. The smallest absolute Gasteiger partial charge is 0.509 e. The van der Waals surface area contributed by atoms with Gasteiger partial charge in [0.15, 0.2) is 0 Å². The zero-order valence-corrected chi connectivity index (χ0v) is 45.1. The fourth-order valence-corrected chi connectivity index (χ4v) is 9.36. The Kier molecular flexibility index (Phi) is 13.3. The van der Waals surface area contributed by atoms with Crippen LogP contribution in [0.15, 0.2) is 134 Å². The van der Waals surface area contributed by atoms with Gasteiger partial charge in [-0.15, -0.1) is 48.1 Å². The number of aromatic nitrogens is 2. The average molecular weight is 1080 g/mol. The van der Waals surface area contributed by atoms with Crippen LogP contribution in [0.2, 0.25) is 0 Å². The van der Waals surface area contributed by atoms with E-state index in [1.54, 1.807) is 0 Å². The second-order valence-corrected chi connectivity index (χ2v) is 22.8. The largest absolute Gasteiger partial charge is 4.00 e. The summed E-state index contributed by atoms with van der Waals surface area (Å²) in [5, 5.41) is 2.27. The Morgan fingerprint density at radius 1 is 0.500 bits per heavy atom. The monoisotopic (exact) mass is 1080 g/mol. The van der Waals surface area contributed by atoms with Crippen molar-refractivity contribution >= 4 is 44.6 Å². The van der Waals surface area contributed by atoms with Crippen molar-refractivity contribution in [2.75, 3.05) is 9.80 Å². The van der Waals surface area contributed by atoms with Gasteiger partial charge < -0.3 is 26.5 Å². The second-order valence-electron chi connectivity index (χ2n) is 22.8. The minimum atomic E-state index is -0.192. The van der Waals surface area contributed by atoms with Crippen LogP contribution in [-0.2, 0) is 48.1 Å². The summed E-state index contributed by atoms with van der Waals surface area (Å²) in [5.41, 5.74) is 13.6. The summed E-state index contributed by atoms with van der Waals surface area (Å²) in [6.07, 6.45) is 1.92. The van der Waals surface area contributed by atoms with Gasteiger partial charge in [0.25, 0.3) is 0 Å². The summed E-state index contributed by atoms with van der Waals surface area (Å²) in [7, 11) is 0. The minimum Gasteiger partial charge on any atom is -0.509 e. The van der Waals surface area contributed by atoms with Crippen LogP contribution in [0.5, 0.6) is 11.5 Å². The predicted molar refractivity (Wildman–Crippen MR) is 284 cm³/mol. The van der Waals surface area contributed by atoms with Crippen molar-refractivity contribution in [3.8, 4) is 17.3 Å². The number of nitrogens with zero attached hydrogens (tertiary/aromatic N) is 4. The molecule has 0 unspecified atom stereocenters. The third kappa shape index (κ3) is 9.41. The molecule has 0 aliphatic carbocycles. The van der Waals surface area contributed by atoms with Gasteiger partial charge in [-0.25, -0.2) is 4.98 Å². The van der Waals surface area contributed by atoms with Crippen molar-refractivity contribution in [1.29, 1.82) is 0 Å². The van der Waals surface area contributed by atoms with Gasteiger partial charge in [-0.1, -0.05) is 157 Å². The standard InChI is InChI=1S/C61H65N4O.CH3.Pt/c1-57(2,3)41-26-29-52-49(33-41)48-28-27-47(36-53(48)65(52)56-34-42(30-31-62-56)58(4,5)6)66-46-25-19-24-45(35-46)64-39-63(54-37-50(59(7,8)9)51(38-55(54)64)60(10,11)12)44-23-18-22-43(32-44)61(13,14)40-20-16-15-17-21-40;;/h15-34,37-39H,1-14H3;1H3;/q-3;-1;+4. The van der Waals surface area contributed by atoms with Crippen LogP contribution < -0.4 is 14.5 Å². The normalized spacial score (nSPS) is 13.4. The van der Waals surface area contributed by atoms with Gasteiger partial charge in [0.05, 0.1) is 0 Å². The third-order valence-electron chi connectivity index (χ3n) is 13.4. The number of anilines is 4. The first kappa shape index (κ1) is 50.2. The molecule has 0 atom stereocenters. The maximum atomic E-state index is 6.77. The fraction of sp³-hybridized carbons (Fsp3) is 0.306. The second kappa shape index (κ2) is 18.0. The van der Waals surface area contributed by atoms with Crippen LogP contribution in [0.4, 0.5) is 22.7 Å². The van der Waals surface area contributed by atoms with Crippen LogP contribution in [0.25, 0.3) is 27.6 Å². The van der Waals surface area contributed by atoms with E-state index in [0.717, 1.165) is 45.0 Å². The number of hydrogen-bond donors (Lipinski definition) is 0. The molecule has 0 radical (unpaired) electrons. The Bertz CT molecular complexity index is 3120. The van der Waals surface area contributed by atoms with Crippen molar-refractivity contribution in [1.82, 2.24) is 9.55 Å². The summed E-state index contributed by atoms with van der Waals surface area (Å²) in [6, 6.07) is 53.5. The Hall–Kier alpha value is -5.64. The Morgan fingerprint density at radius 2 is 1.10 bits per heavy atom. The minimum absolute atomic E-state index is 0. The SMILES string of the molecule is CC(C)(C)c1ccnc(-n2c3[c-]c(Oc4[c-]c(N5[CH-]N(c6cccc(C(C)(C)c7ccccc7)c6)c6cc(C(C)(C)C)c(C(C)(C)C)cc65)ccc4)ccc3c3cc(C(C)(C)C)ccc32)c1.[CH3-].[Pt+4]. The van der Waals surface area contributed by atoms with Gasteiger partial charge in [-0.3, -0.25) is 0 Å². The van der Waals surface area contributed by atoms with E-state index in [1.165, 1.54) is 38.8 Å². The molecule has 68 heavy (non-hydrogen) atoms. The maximum absolute atomic E-state index is 6.77. The van der Waals surface area contributed by atoms with E-state index in [4.69, 9.17) is 9.72 Å². The number of rotatable bonds is 7. The van der Waals surface area contributed by atoms with Crippen LogP contribution in [0.1, 0.15) is 130 Å². The molecule has 0 fully saturated rings. The molecule has 6 heteroatoms. The van der Waals surface area contributed by atoms with Gasteiger partial charge in [-0.2, -0.15) is 12.1 Å². The van der Waals surface area contributed by atoms with E-state index in [2.05, 4.69) is 245 Å². The van der Waals surface area contributed by atoms with Crippen LogP contribution in [-0.4, -0.2) is 9.55 Å². The molecular formula is C62H68N4OPt. The summed E-state index contributed by atoms with van der Waals surface area (Å²) >= 11 is 0. The molecule has 352 valence electrons. The number of hydrogen-bond acceptors (Lipinski definition) is 4. The molecule has 9 rings (SSSR count). The van der Waals surface area contributed by atoms with Crippen molar-refractivity contribution < 1.29 is 25.8 Å². The van der Waals surface area contributed by atoms with E-state index < -0.39 is 0 Å². The first-order valence-corrected chi connectivity index (χ1v) is 23.5. The fourth-order valence-electron chi connectivity index (χ4n) is 9.36. The van der Waals surface area contributed by atoms with E-state index in [9.17, 15) is 0 Å². The van der Waals surface area contributed by atoms with Crippen LogP contribution >= 0.6 is 0 Å². The average Bonchev–Trinajstić information content (AvgIpc) is 3.80. The zero-order chi connectivity index (χ0) is 47.1. The summed E-state index contributed by atoms with van der Waals surface area (Å²) in [6.45, 7) is 34.2. The van der Waals surface area contributed by atoms with Crippen LogP contribution in [0, 0.1) is 26.2 Å². The van der Waals surface area contributed by atoms with Gasteiger partial charge in [0.1, 0.15) is 5.82 Å².